The normalized spacial score (nSPS) is 20.7. The number of rotatable bonds is 5. The van der Waals surface area contributed by atoms with Gasteiger partial charge in [0.05, 0.1) is 11.9 Å². The molecule has 176 valence electrons. The van der Waals surface area contributed by atoms with Gasteiger partial charge in [-0.15, -0.1) is 5.10 Å². The van der Waals surface area contributed by atoms with Gasteiger partial charge < -0.3 is 15.1 Å². The monoisotopic (exact) mass is 463 g/mol. The van der Waals surface area contributed by atoms with Crippen molar-refractivity contribution in [3.05, 3.63) is 52.9 Å². The Labute approximate surface area is 195 Å². The molecule has 34 heavy (non-hydrogen) atoms. The van der Waals surface area contributed by atoms with E-state index >= 15 is 0 Å². The lowest BCUT2D eigenvalue weighted by Gasteiger charge is -2.29. The van der Waals surface area contributed by atoms with Crippen LogP contribution in [0.5, 0.6) is 0 Å². The van der Waals surface area contributed by atoms with Gasteiger partial charge in [-0.05, 0) is 43.2 Å². The third-order valence-corrected chi connectivity index (χ3v) is 6.40. The average molecular weight is 463 g/mol. The van der Waals surface area contributed by atoms with Gasteiger partial charge in [0.1, 0.15) is 6.04 Å². The summed E-state index contributed by atoms with van der Waals surface area (Å²) >= 11 is 0. The molecule has 4 heterocycles. The summed E-state index contributed by atoms with van der Waals surface area (Å²) in [6, 6.07) is 4.62. The zero-order valence-electron chi connectivity index (χ0n) is 18.8. The number of carbonyl (C=O) groups is 4. The number of benzene rings is 1. The Balaban J connectivity index is 1.27. The van der Waals surface area contributed by atoms with E-state index in [2.05, 4.69) is 31.9 Å². The summed E-state index contributed by atoms with van der Waals surface area (Å²) in [5.74, 6) is -1.35. The third kappa shape index (κ3) is 4.21. The first kappa shape index (κ1) is 22.0. The first-order chi connectivity index (χ1) is 16.4. The smallest absolute Gasteiger partial charge is 0.273 e. The molecule has 1 unspecified atom stereocenters. The first-order valence-corrected chi connectivity index (χ1v) is 11.2. The number of fused-ring (bicyclic) bond motifs is 1. The van der Waals surface area contributed by atoms with Gasteiger partial charge in [0, 0.05) is 38.2 Å². The van der Waals surface area contributed by atoms with Crippen LogP contribution >= 0.6 is 0 Å². The van der Waals surface area contributed by atoms with Gasteiger partial charge in [-0.25, -0.2) is 4.68 Å². The van der Waals surface area contributed by atoms with Gasteiger partial charge >= 0.3 is 0 Å². The quantitative estimate of drug-likeness (QED) is 0.472. The largest absolute Gasteiger partial charge is 0.347 e. The number of imide groups is 1. The molecule has 5 rings (SSSR count). The summed E-state index contributed by atoms with van der Waals surface area (Å²) in [7, 11) is 2.05. The Bertz CT molecular complexity index is 1220. The van der Waals surface area contributed by atoms with Crippen LogP contribution in [0.25, 0.3) is 5.69 Å². The topological polar surface area (TPSA) is 130 Å². The molecule has 0 radical (unpaired) electrons. The molecule has 0 bridgehead atoms. The fraction of sp³-hybridized carbons (Fsp3) is 0.391. The fourth-order valence-corrected chi connectivity index (χ4v) is 4.57. The van der Waals surface area contributed by atoms with Crippen LogP contribution in [0.1, 0.15) is 45.7 Å². The number of amides is 4. The van der Waals surface area contributed by atoms with Crippen LogP contribution in [0.15, 0.2) is 36.0 Å². The van der Waals surface area contributed by atoms with Gasteiger partial charge in [0.2, 0.25) is 11.8 Å². The van der Waals surface area contributed by atoms with Gasteiger partial charge in [0.25, 0.3) is 11.8 Å². The minimum absolute atomic E-state index is 0.182. The van der Waals surface area contributed by atoms with Crippen LogP contribution in [-0.4, -0.2) is 81.1 Å². The lowest BCUT2D eigenvalue weighted by molar-refractivity contribution is -0.136. The van der Waals surface area contributed by atoms with E-state index in [-0.39, 0.29) is 29.8 Å². The van der Waals surface area contributed by atoms with Crippen molar-refractivity contribution in [2.75, 3.05) is 26.7 Å². The predicted molar refractivity (Wildman–Crippen MR) is 120 cm³/mol. The third-order valence-electron chi connectivity index (χ3n) is 6.40. The second kappa shape index (κ2) is 8.82. The predicted octanol–water partition coefficient (Wildman–Crippen LogP) is 0.0200. The van der Waals surface area contributed by atoms with Crippen LogP contribution in [0, 0.1) is 0 Å². The molecule has 11 nitrogen and oxygen atoms in total. The van der Waals surface area contributed by atoms with E-state index in [1.807, 2.05) is 13.1 Å². The highest BCUT2D eigenvalue weighted by atomic mass is 16.2. The minimum atomic E-state index is -0.665. The molecule has 1 aromatic carbocycles. The second-order valence-corrected chi connectivity index (χ2v) is 8.86. The van der Waals surface area contributed by atoms with E-state index in [9.17, 15) is 19.2 Å². The van der Waals surface area contributed by atoms with E-state index < -0.39 is 11.9 Å². The summed E-state index contributed by atoms with van der Waals surface area (Å²) in [4.78, 5) is 52.9. The minimum Gasteiger partial charge on any atom is -0.347 e. The number of aromatic nitrogens is 3. The van der Waals surface area contributed by atoms with Crippen LogP contribution in [0.3, 0.4) is 0 Å². The highest BCUT2D eigenvalue weighted by Crippen LogP contribution is 2.29. The maximum Gasteiger partial charge on any atom is 0.273 e. The van der Waals surface area contributed by atoms with Crippen molar-refractivity contribution in [2.45, 2.75) is 31.8 Å². The van der Waals surface area contributed by atoms with E-state index in [4.69, 9.17) is 0 Å². The van der Waals surface area contributed by atoms with Crippen molar-refractivity contribution in [1.82, 2.24) is 35.4 Å². The standard InChI is InChI=1S/C23H25N7O4/c1-28-8-2-3-14(11-28)10-24-21(32)18-13-30(27-26-18)16-5-4-15-12-29(23(34)17(15)9-16)19-6-7-20(31)25-22(19)33/h3-5,9,13,19H,2,6-8,10-12H2,1H3,(H,24,32)(H,25,31,33). The number of likely N-dealkylation sites (N-methyl/N-ethyl adjacent to an activating group) is 1. The van der Waals surface area contributed by atoms with Gasteiger partial charge in [0.15, 0.2) is 5.69 Å². The van der Waals surface area contributed by atoms with E-state index in [0.29, 0.717) is 30.8 Å². The summed E-state index contributed by atoms with van der Waals surface area (Å²) in [6.07, 6.45) is 5.16. The molecule has 11 heteroatoms. The van der Waals surface area contributed by atoms with Gasteiger partial charge in [-0.1, -0.05) is 17.4 Å². The van der Waals surface area contributed by atoms with E-state index in [1.54, 1.807) is 12.1 Å². The molecule has 0 spiro atoms. The Morgan fingerprint density at radius 1 is 1.24 bits per heavy atom. The molecule has 2 aromatic rings. The van der Waals surface area contributed by atoms with Crippen molar-refractivity contribution in [3.8, 4) is 5.69 Å². The molecule has 0 saturated carbocycles. The molecule has 1 saturated heterocycles. The van der Waals surface area contributed by atoms with E-state index in [1.165, 1.54) is 15.8 Å². The molecule has 0 aliphatic carbocycles. The number of carbonyl (C=O) groups excluding carboxylic acids is 4. The number of hydrogen-bond acceptors (Lipinski definition) is 7. The Morgan fingerprint density at radius 2 is 2.09 bits per heavy atom. The molecular weight excluding hydrogens is 438 g/mol. The highest BCUT2D eigenvalue weighted by molar-refractivity contribution is 6.05. The zero-order chi connectivity index (χ0) is 23.8. The molecule has 1 atom stereocenters. The van der Waals surface area contributed by atoms with Crippen LogP contribution in [0.4, 0.5) is 0 Å². The lowest BCUT2D eigenvalue weighted by atomic mass is 10.0. The fourth-order valence-electron chi connectivity index (χ4n) is 4.57. The van der Waals surface area contributed by atoms with Crippen molar-refractivity contribution < 1.29 is 19.2 Å². The summed E-state index contributed by atoms with van der Waals surface area (Å²) < 4.78 is 1.45. The summed E-state index contributed by atoms with van der Waals surface area (Å²) in [5, 5.41) is 13.2. The summed E-state index contributed by atoms with van der Waals surface area (Å²) in [5.41, 5.74) is 3.19. The van der Waals surface area contributed by atoms with Crippen molar-refractivity contribution in [1.29, 1.82) is 0 Å². The molecule has 1 fully saturated rings. The van der Waals surface area contributed by atoms with Crippen LogP contribution < -0.4 is 10.6 Å². The van der Waals surface area contributed by atoms with Crippen LogP contribution in [0.2, 0.25) is 0 Å². The van der Waals surface area contributed by atoms with Gasteiger partial charge in [-0.3, -0.25) is 24.5 Å². The average Bonchev–Trinajstić information content (AvgIpc) is 3.43. The number of piperidine rings is 1. The number of nitrogens with one attached hydrogen (secondary N) is 2. The Hall–Kier alpha value is -3.86. The SMILES string of the molecule is CN1CCC=C(CNC(=O)c2cn(-c3ccc4c(c3)C(=O)N(C3CCC(=O)NC3=O)C4)nn2)C1. The molecule has 2 N–H and O–H groups in total. The Kier molecular flexibility index (Phi) is 5.70. The van der Waals surface area contributed by atoms with Crippen LogP contribution in [-0.2, 0) is 16.1 Å². The lowest BCUT2D eigenvalue weighted by Crippen LogP contribution is -2.52. The molecule has 1 aromatic heterocycles. The first-order valence-electron chi connectivity index (χ1n) is 11.2. The highest BCUT2D eigenvalue weighted by Gasteiger charge is 2.39. The molecule has 3 aliphatic heterocycles. The second-order valence-electron chi connectivity index (χ2n) is 8.86. The molecule has 3 aliphatic rings. The van der Waals surface area contributed by atoms with Gasteiger partial charge in [-0.2, -0.15) is 0 Å². The number of nitrogens with zero attached hydrogens (tertiary/aromatic N) is 5. The molecule has 4 amide bonds. The summed E-state index contributed by atoms with van der Waals surface area (Å²) in [6.45, 7) is 2.60. The van der Waals surface area contributed by atoms with E-state index in [0.717, 1.165) is 30.6 Å². The van der Waals surface area contributed by atoms with Crippen molar-refractivity contribution in [3.63, 3.8) is 0 Å². The van der Waals surface area contributed by atoms with Crippen molar-refractivity contribution >= 4 is 23.6 Å². The van der Waals surface area contributed by atoms with Crippen molar-refractivity contribution in [2.24, 2.45) is 0 Å². The zero-order valence-corrected chi connectivity index (χ0v) is 18.8. The molecular formula is C23H25N7O4. The number of hydrogen-bond donors (Lipinski definition) is 2. The maximum absolute atomic E-state index is 13.0. The Morgan fingerprint density at radius 3 is 2.88 bits per heavy atom. The maximum atomic E-state index is 13.0.